The maximum atomic E-state index is 13.0. The minimum absolute atomic E-state index is 0.0390. The van der Waals surface area contributed by atoms with Gasteiger partial charge in [-0.15, -0.1) is 0 Å². The van der Waals surface area contributed by atoms with Gasteiger partial charge in [-0.2, -0.15) is 0 Å². The number of amides is 1. The number of ether oxygens (including phenoxy) is 2. The van der Waals surface area contributed by atoms with Crippen molar-refractivity contribution >= 4 is 33.2 Å². The quantitative estimate of drug-likeness (QED) is 0.543. The molecule has 1 amide bonds. The predicted molar refractivity (Wildman–Crippen MR) is 125 cm³/mol. The molecule has 32 heavy (non-hydrogen) atoms. The average molecular weight is 479 g/mol. The van der Waals surface area contributed by atoms with Crippen molar-refractivity contribution in [3.63, 3.8) is 0 Å². The number of anilines is 1. The highest BCUT2D eigenvalue weighted by Crippen LogP contribution is 2.37. The minimum Gasteiger partial charge on any atom is -0.495 e. The maximum Gasteiger partial charge on any atom is 0.262 e. The summed E-state index contributed by atoms with van der Waals surface area (Å²) in [6.45, 7) is 2.33. The number of benzene rings is 2. The molecule has 1 atom stereocenters. The first-order chi connectivity index (χ1) is 15.2. The van der Waals surface area contributed by atoms with E-state index >= 15 is 0 Å². The minimum atomic E-state index is -4.01. The third kappa shape index (κ3) is 5.55. The van der Waals surface area contributed by atoms with Crippen LogP contribution in [0.15, 0.2) is 47.4 Å². The second-order valence-corrected chi connectivity index (χ2v) is 9.72. The van der Waals surface area contributed by atoms with Crippen LogP contribution in [0.2, 0.25) is 5.02 Å². The molecule has 0 saturated carbocycles. The Bertz CT molecular complexity index is 1130. The zero-order chi connectivity index (χ0) is 23.3. The summed E-state index contributed by atoms with van der Waals surface area (Å²) in [5, 5.41) is 3.17. The molecular weight excluding hydrogens is 452 g/mol. The average Bonchev–Trinajstić information content (AvgIpc) is 2.78. The monoisotopic (exact) mass is 478 g/mol. The van der Waals surface area contributed by atoms with Crippen molar-refractivity contribution in [2.24, 2.45) is 5.92 Å². The second-order valence-electron chi connectivity index (χ2n) is 7.63. The van der Waals surface area contributed by atoms with Crippen molar-refractivity contribution in [1.29, 1.82) is 0 Å². The normalized spacial score (nSPS) is 15.8. The van der Waals surface area contributed by atoms with Crippen LogP contribution >= 0.6 is 11.6 Å². The van der Waals surface area contributed by atoms with Crippen molar-refractivity contribution in [2.45, 2.75) is 31.1 Å². The maximum absolute atomic E-state index is 13.0. The van der Waals surface area contributed by atoms with Crippen LogP contribution in [0, 0.1) is 12.8 Å². The molecule has 9 heteroatoms. The largest absolute Gasteiger partial charge is 0.495 e. The van der Waals surface area contributed by atoms with E-state index < -0.39 is 10.0 Å². The lowest BCUT2D eigenvalue weighted by molar-refractivity contribution is 0.0945. The van der Waals surface area contributed by atoms with E-state index in [-0.39, 0.29) is 27.3 Å². The van der Waals surface area contributed by atoms with E-state index in [1.807, 2.05) is 0 Å². The Morgan fingerprint density at radius 3 is 2.53 bits per heavy atom. The highest BCUT2D eigenvalue weighted by molar-refractivity contribution is 7.92. The highest BCUT2D eigenvalue weighted by atomic mass is 35.5. The molecular formula is C23H27ClN2O5S. The Balaban J connectivity index is 1.82. The summed E-state index contributed by atoms with van der Waals surface area (Å²) in [4.78, 5) is 12.7. The molecule has 0 aromatic heterocycles. The third-order valence-electron chi connectivity index (χ3n) is 5.41. The molecule has 0 saturated heterocycles. The smallest absolute Gasteiger partial charge is 0.262 e. The number of hydrogen-bond donors (Lipinski definition) is 2. The highest BCUT2D eigenvalue weighted by Gasteiger charge is 2.21. The summed E-state index contributed by atoms with van der Waals surface area (Å²) < 4.78 is 39.0. The summed E-state index contributed by atoms with van der Waals surface area (Å²) in [5.41, 5.74) is 1.17. The van der Waals surface area contributed by atoms with Gasteiger partial charge < -0.3 is 14.8 Å². The van der Waals surface area contributed by atoms with E-state index in [0.29, 0.717) is 29.3 Å². The molecule has 1 unspecified atom stereocenters. The van der Waals surface area contributed by atoms with Crippen molar-refractivity contribution in [2.75, 3.05) is 25.5 Å². The van der Waals surface area contributed by atoms with Gasteiger partial charge in [0.25, 0.3) is 15.9 Å². The summed E-state index contributed by atoms with van der Waals surface area (Å²) >= 11 is 6.15. The van der Waals surface area contributed by atoms with Gasteiger partial charge in [0, 0.05) is 18.2 Å². The number of aryl methyl sites for hydroxylation is 1. The van der Waals surface area contributed by atoms with Crippen LogP contribution in [0.1, 0.15) is 35.2 Å². The number of carbonyl (C=O) groups excluding carboxylic acids is 1. The van der Waals surface area contributed by atoms with Gasteiger partial charge in [-0.3, -0.25) is 9.52 Å². The zero-order valence-electron chi connectivity index (χ0n) is 18.3. The third-order valence-corrected chi connectivity index (χ3v) is 7.07. The van der Waals surface area contributed by atoms with Crippen molar-refractivity contribution in [3.05, 3.63) is 58.6 Å². The van der Waals surface area contributed by atoms with Crippen molar-refractivity contribution < 1.29 is 22.7 Å². The molecule has 0 fully saturated rings. The standard InChI is InChI=1S/C23H27ClN2O5S/c1-15-9-10-17(11-18(15)23(27)25-14-16-7-5-4-6-8-16)32(28,29)26-20-12-19(24)21(30-2)13-22(20)31-3/h4-5,9-13,16,26H,6-8,14H2,1-3H3,(H,25,27). The number of halogens is 1. The van der Waals surface area contributed by atoms with E-state index in [2.05, 4.69) is 22.2 Å². The molecule has 0 heterocycles. The van der Waals surface area contributed by atoms with Crippen LogP contribution in [-0.4, -0.2) is 35.1 Å². The summed E-state index contributed by atoms with van der Waals surface area (Å²) in [5.74, 6) is 0.708. The molecule has 2 aromatic rings. The summed E-state index contributed by atoms with van der Waals surface area (Å²) in [7, 11) is -1.14. The van der Waals surface area contributed by atoms with Crippen LogP contribution in [0.3, 0.4) is 0 Å². The van der Waals surface area contributed by atoms with Crippen LogP contribution in [-0.2, 0) is 10.0 Å². The lowest BCUT2D eigenvalue weighted by atomic mass is 9.94. The Morgan fingerprint density at radius 1 is 1.12 bits per heavy atom. The van der Waals surface area contributed by atoms with E-state index in [1.54, 1.807) is 13.0 Å². The molecule has 0 aliphatic heterocycles. The first-order valence-electron chi connectivity index (χ1n) is 10.2. The van der Waals surface area contributed by atoms with E-state index in [0.717, 1.165) is 19.3 Å². The number of rotatable bonds is 8. The van der Waals surface area contributed by atoms with Gasteiger partial charge in [0.15, 0.2) is 0 Å². The van der Waals surface area contributed by atoms with E-state index in [9.17, 15) is 13.2 Å². The molecule has 172 valence electrons. The SMILES string of the molecule is COc1cc(OC)c(NS(=O)(=O)c2ccc(C)c(C(=O)NCC3CC=CCC3)c2)cc1Cl. The van der Waals surface area contributed by atoms with Gasteiger partial charge in [0.1, 0.15) is 11.5 Å². The lowest BCUT2D eigenvalue weighted by Gasteiger charge is -2.19. The van der Waals surface area contributed by atoms with Crippen molar-refractivity contribution in [3.8, 4) is 11.5 Å². The number of hydrogen-bond acceptors (Lipinski definition) is 5. The van der Waals surface area contributed by atoms with Crippen LogP contribution in [0.5, 0.6) is 11.5 Å². The van der Waals surface area contributed by atoms with Crippen molar-refractivity contribution in [1.82, 2.24) is 5.32 Å². The molecule has 3 rings (SSSR count). The van der Waals surface area contributed by atoms with Crippen LogP contribution in [0.4, 0.5) is 5.69 Å². The zero-order valence-corrected chi connectivity index (χ0v) is 19.8. The first kappa shape index (κ1) is 23.9. The molecule has 0 radical (unpaired) electrons. The number of carbonyl (C=O) groups is 1. The number of allylic oxidation sites excluding steroid dienone is 2. The first-order valence-corrected chi connectivity index (χ1v) is 12.1. The summed E-state index contributed by atoms with van der Waals surface area (Å²) in [6, 6.07) is 7.36. The molecule has 1 aliphatic carbocycles. The molecule has 2 N–H and O–H groups in total. The van der Waals surface area contributed by atoms with Gasteiger partial charge in [-0.25, -0.2) is 8.42 Å². The fraction of sp³-hybridized carbons (Fsp3) is 0.348. The fourth-order valence-electron chi connectivity index (χ4n) is 3.53. The topological polar surface area (TPSA) is 93.7 Å². The van der Waals surface area contributed by atoms with E-state index in [4.69, 9.17) is 21.1 Å². The van der Waals surface area contributed by atoms with Gasteiger partial charge in [-0.05, 0) is 55.9 Å². The van der Waals surface area contributed by atoms with Gasteiger partial charge in [0.2, 0.25) is 0 Å². The summed E-state index contributed by atoms with van der Waals surface area (Å²) in [6.07, 6.45) is 7.25. The molecule has 7 nitrogen and oxygen atoms in total. The molecule has 0 spiro atoms. The number of nitrogens with one attached hydrogen (secondary N) is 2. The lowest BCUT2D eigenvalue weighted by Crippen LogP contribution is -2.30. The Morgan fingerprint density at radius 2 is 1.88 bits per heavy atom. The van der Waals surface area contributed by atoms with Gasteiger partial charge >= 0.3 is 0 Å². The van der Waals surface area contributed by atoms with Gasteiger partial charge in [-0.1, -0.05) is 29.8 Å². The number of sulfonamides is 1. The molecule has 1 aliphatic rings. The van der Waals surface area contributed by atoms with Gasteiger partial charge in [0.05, 0.1) is 29.8 Å². The van der Waals surface area contributed by atoms with Crippen LogP contribution < -0.4 is 19.5 Å². The molecule has 0 bridgehead atoms. The second kappa shape index (κ2) is 10.3. The van der Waals surface area contributed by atoms with E-state index in [1.165, 1.54) is 38.5 Å². The predicted octanol–water partition coefficient (Wildman–Crippen LogP) is 4.55. The van der Waals surface area contributed by atoms with Crippen LogP contribution in [0.25, 0.3) is 0 Å². The Labute approximate surface area is 193 Å². The molecule has 2 aromatic carbocycles. The Hall–Kier alpha value is -2.71. The number of methoxy groups -OCH3 is 2. The fourth-order valence-corrected chi connectivity index (χ4v) is 4.86. The Kier molecular flexibility index (Phi) is 7.69.